The van der Waals surface area contributed by atoms with E-state index >= 15 is 0 Å². The smallest absolute Gasteiger partial charge is 0.322 e. The molecule has 150 valence electrons. The van der Waals surface area contributed by atoms with Crippen LogP contribution in [-0.2, 0) is 12.7 Å². The molecule has 9 heteroatoms. The normalized spacial score (nSPS) is 15.5. The van der Waals surface area contributed by atoms with Crippen LogP contribution < -0.4 is 5.32 Å². The van der Waals surface area contributed by atoms with Gasteiger partial charge in [-0.2, -0.15) is 13.2 Å². The average molecular weight is 432 g/mol. The molecule has 0 bridgehead atoms. The molecule has 1 aliphatic rings. The van der Waals surface area contributed by atoms with Crippen LogP contribution >= 0.6 is 23.2 Å². The van der Waals surface area contributed by atoms with Gasteiger partial charge in [-0.1, -0.05) is 41.4 Å². The van der Waals surface area contributed by atoms with Gasteiger partial charge in [0, 0.05) is 37.7 Å². The molecule has 2 aromatic rings. The number of urea groups is 1. The number of anilines is 1. The van der Waals surface area contributed by atoms with Gasteiger partial charge in [0.25, 0.3) is 0 Å². The third kappa shape index (κ3) is 5.10. The van der Waals surface area contributed by atoms with Gasteiger partial charge in [-0.3, -0.25) is 4.90 Å². The van der Waals surface area contributed by atoms with Crippen LogP contribution in [0.3, 0.4) is 0 Å². The van der Waals surface area contributed by atoms with Gasteiger partial charge in [-0.15, -0.1) is 0 Å². The molecular weight excluding hydrogens is 414 g/mol. The zero-order valence-corrected chi connectivity index (χ0v) is 16.3. The Kier molecular flexibility index (Phi) is 6.37. The molecule has 0 saturated carbocycles. The summed E-state index contributed by atoms with van der Waals surface area (Å²) >= 11 is 12.1. The Labute approximate surface area is 170 Å². The van der Waals surface area contributed by atoms with Gasteiger partial charge in [-0.25, -0.2) is 4.79 Å². The molecular formula is C19H18Cl2F3N3O. The second kappa shape index (κ2) is 8.59. The number of halogens is 5. The highest BCUT2D eigenvalue weighted by Gasteiger charge is 2.31. The van der Waals surface area contributed by atoms with E-state index in [0.717, 1.165) is 23.8 Å². The number of alkyl halides is 3. The van der Waals surface area contributed by atoms with Crippen molar-refractivity contribution in [3.8, 4) is 0 Å². The molecule has 0 spiro atoms. The quantitative estimate of drug-likeness (QED) is 0.709. The standard InChI is InChI=1S/C19H18Cl2F3N3O/c20-15-4-2-1-3-13(15)12-26-7-9-27(10-8-26)18(28)25-17-11-14(19(22,23)24)5-6-16(17)21/h1-6,11H,7-10,12H2,(H,25,28). The van der Waals surface area contributed by atoms with E-state index in [1.54, 1.807) is 4.90 Å². The first-order valence-corrected chi connectivity index (χ1v) is 9.38. The summed E-state index contributed by atoms with van der Waals surface area (Å²) in [5.41, 5.74) is 0.0922. The first kappa shape index (κ1) is 20.8. The molecule has 0 radical (unpaired) electrons. The number of carbonyl (C=O) groups excluding carboxylic acids is 1. The maximum absolute atomic E-state index is 12.9. The van der Waals surface area contributed by atoms with Crippen molar-refractivity contribution in [3.63, 3.8) is 0 Å². The Morgan fingerprint density at radius 1 is 1.00 bits per heavy atom. The molecule has 3 rings (SSSR count). The van der Waals surface area contributed by atoms with Crippen molar-refractivity contribution < 1.29 is 18.0 Å². The largest absolute Gasteiger partial charge is 0.416 e. The molecule has 1 N–H and O–H groups in total. The molecule has 4 nitrogen and oxygen atoms in total. The van der Waals surface area contributed by atoms with Gasteiger partial charge in [0.1, 0.15) is 0 Å². The summed E-state index contributed by atoms with van der Waals surface area (Å²) in [5.74, 6) is 0. The minimum Gasteiger partial charge on any atom is -0.322 e. The van der Waals surface area contributed by atoms with Gasteiger partial charge in [-0.05, 0) is 29.8 Å². The zero-order valence-electron chi connectivity index (χ0n) is 14.8. The number of nitrogens with zero attached hydrogens (tertiary/aromatic N) is 2. The van der Waals surface area contributed by atoms with Crippen LogP contribution in [0.15, 0.2) is 42.5 Å². The van der Waals surface area contributed by atoms with E-state index in [1.807, 2.05) is 24.3 Å². The number of amides is 2. The Morgan fingerprint density at radius 3 is 2.32 bits per heavy atom. The highest BCUT2D eigenvalue weighted by molar-refractivity contribution is 6.33. The van der Waals surface area contributed by atoms with E-state index in [4.69, 9.17) is 23.2 Å². The molecule has 1 saturated heterocycles. The summed E-state index contributed by atoms with van der Waals surface area (Å²) in [7, 11) is 0. The molecule has 0 aliphatic carbocycles. The van der Waals surface area contributed by atoms with Crippen LogP contribution in [0.2, 0.25) is 10.0 Å². The highest BCUT2D eigenvalue weighted by Crippen LogP contribution is 2.34. The number of hydrogen-bond donors (Lipinski definition) is 1. The molecule has 2 amide bonds. The molecule has 1 fully saturated rings. The van der Waals surface area contributed by atoms with E-state index < -0.39 is 17.8 Å². The third-order valence-corrected chi connectivity index (χ3v) is 5.24. The van der Waals surface area contributed by atoms with Crippen LogP contribution in [0.1, 0.15) is 11.1 Å². The fourth-order valence-corrected chi connectivity index (χ4v) is 3.33. The fraction of sp³-hybridized carbons (Fsp3) is 0.316. The minimum absolute atomic E-state index is 0.0544. The highest BCUT2D eigenvalue weighted by atomic mass is 35.5. The maximum Gasteiger partial charge on any atom is 0.416 e. The van der Waals surface area contributed by atoms with Crippen LogP contribution in [0.4, 0.5) is 23.7 Å². The molecule has 0 aromatic heterocycles. The lowest BCUT2D eigenvalue weighted by Crippen LogP contribution is -2.49. The summed E-state index contributed by atoms with van der Waals surface area (Å²) in [6.45, 7) is 2.85. The van der Waals surface area contributed by atoms with Crippen molar-refractivity contribution in [2.24, 2.45) is 0 Å². The van der Waals surface area contributed by atoms with Crippen molar-refractivity contribution in [3.05, 3.63) is 63.6 Å². The van der Waals surface area contributed by atoms with Crippen molar-refractivity contribution in [2.75, 3.05) is 31.5 Å². The number of piperazine rings is 1. The summed E-state index contributed by atoms with van der Waals surface area (Å²) in [4.78, 5) is 16.2. The van der Waals surface area contributed by atoms with Gasteiger partial charge >= 0.3 is 12.2 Å². The maximum atomic E-state index is 12.9. The lowest BCUT2D eigenvalue weighted by Gasteiger charge is -2.34. The fourth-order valence-electron chi connectivity index (χ4n) is 2.97. The number of hydrogen-bond acceptors (Lipinski definition) is 2. The van der Waals surface area contributed by atoms with Gasteiger partial charge in [0.15, 0.2) is 0 Å². The van der Waals surface area contributed by atoms with Crippen molar-refractivity contribution in [2.45, 2.75) is 12.7 Å². The molecule has 0 unspecified atom stereocenters. The third-order valence-electron chi connectivity index (χ3n) is 4.55. The van der Waals surface area contributed by atoms with E-state index in [1.165, 1.54) is 0 Å². The lowest BCUT2D eigenvalue weighted by molar-refractivity contribution is -0.137. The summed E-state index contributed by atoms with van der Waals surface area (Å²) in [6, 6.07) is 9.95. The molecule has 28 heavy (non-hydrogen) atoms. The van der Waals surface area contributed by atoms with Crippen LogP contribution in [0, 0.1) is 0 Å². The Morgan fingerprint density at radius 2 is 1.68 bits per heavy atom. The Balaban J connectivity index is 1.58. The summed E-state index contributed by atoms with van der Waals surface area (Å²) in [5, 5.41) is 3.23. The molecule has 0 atom stereocenters. The van der Waals surface area contributed by atoms with E-state index in [9.17, 15) is 18.0 Å². The predicted octanol–water partition coefficient (Wildman–Crippen LogP) is 5.36. The lowest BCUT2D eigenvalue weighted by atomic mass is 10.2. The number of benzene rings is 2. The van der Waals surface area contributed by atoms with E-state index in [2.05, 4.69) is 10.2 Å². The van der Waals surface area contributed by atoms with Crippen LogP contribution in [-0.4, -0.2) is 42.0 Å². The molecule has 1 heterocycles. The summed E-state index contributed by atoms with van der Waals surface area (Å²) in [6.07, 6.45) is -4.51. The SMILES string of the molecule is O=C(Nc1cc(C(F)(F)F)ccc1Cl)N1CCN(Cc2ccccc2Cl)CC1. The van der Waals surface area contributed by atoms with Crippen molar-refractivity contribution in [1.82, 2.24) is 9.80 Å². The van der Waals surface area contributed by atoms with Crippen LogP contribution in [0.5, 0.6) is 0 Å². The second-order valence-corrected chi connectivity index (χ2v) is 7.29. The topological polar surface area (TPSA) is 35.6 Å². The average Bonchev–Trinajstić information content (AvgIpc) is 2.65. The first-order chi connectivity index (χ1) is 13.2. The van der Waals surface area contributed by atoms with Gasteiger partial charge < -0.3 is 10.2 Å². The second-order valence-electron chi connectivity index (χ2n) is 6.48. The van der Waals surface area contributed by atoms with Crippen molar-refractivity contribution in [1.29, 1.82) is 0 Å². The zero-order chi connectivity index (χ0) is 20.3. The minimum atomic E-state index is -4.51. The van der Waals surface area contributed by atoms with E-state index in [0.29, 0.717) is 37.7 Å². The van der Waals surface area contributed by atoms with Crippen LogP contribution in [0.25, 0.3) is 0 Å². The summed E-state index contributed by atoms with van der Waals surface area (Å²) < 4.78 is 38.6. The number of carbonyl (C=O) groups is 1. The van der Waals surface area contributed by atoms with E-state index in [-0.39, 0.29) is 10.7 Å². The monoisotopic (exact) mass is 431 g/mol. The predicted molar refractivity (Wildman–Crippen MR) is 104 cm³/mol. The first-order valence-electron chi connectivity index (χ1n) is 8.62. The number of rotatable bonds is 3. The van der Waals surface area contributed by atoms with Crippen molar-refractivity contribution >= 4 is 34.9 Å². The van der Waals surface area contributed by atoms with Gasteiger partial charge in [0.05, 0.1) is 16.3 Å². The Hall–Kier alpha value is -1.96. The molecule has 1 aliphatic heterocycles. The Bertz CT molecular complexity index is 853. The number of nitrogens with one attached hydrogen (secondary N) is 1. The van der Waals surface area contributed by atoms with Gasteiger partial charge in [0.2, 0.25) is 0 Å². The molecule has 2 aromatic carbocycles.